The van der Waals surface area contributed by atoms with Gasteiger partial charge in [0.05, 0.1) is 31.9 Å². The van der Waals surface area contributed by atoms with Crippen LogP contribution in [0, 0.1) is 6.92 Å². The van der Waals surface area contributed by atoms with Crippen molar-refractivity contribution in [2.24, 2.45) is 0 Å². The Hall–Kier alpha value is -3.34. The minimum atomic E-state index is -0.488. The quantitative estimate of drug-likeness (QED) is 0.644. The number of methoxy groups -OCH3 is 2. The molecular formula is C22H21NO4. The lowest BCUT2D eigenvalue weighted by Gasteiger charge is -2.12. The first-order valence-corrected chi connectivity index (χ1v) is 8.57. The van der Waals surface area contributed by atoms with Crippen LogP contribution in [0.2, 0.25) is 0 Å². The SMILES string of the molecule is COC(=O)Cc1c(C(=O)OC)cn(-c2cccc(C)c2)c1-c1ccccc1. The van der Waals surface area contributed by atoms with Gasteiger partial charge in [-0.05, 0) is 30.2 Å². The molecule has 5 nitrogen and oxygen atoms in total. The summed E-state index contributed by atoms with van der Waals surface area (Å²) in [5.41, 5.74) is 4.59. The van der Waals surface area contributed by atoms with Crippen molar-refractivity contribution in [3.8, 4) is 16.9 Å². The molecule has 138 valence electrons. The Morgan fingerprint density at radius 2 is 1.70 bits per heavy atom. The van der Waals surface area contributed by atoms with Crippen LogP contribution in [0.4, 0.5) is 0 Å². The van der Waals surface area contributed by atoms with Crippen LogP contribution in [0.1, 0.15) is 21.5 Å². The maximum Gasteiger partial charge on any atom is 0.339 e. The van der Waals surface area contributed by atoms with Crippen molar-refractivity contribution >= 4 is 11.9 Å². The van der Waals surface area contributed by atoms with E-state index in [9.17, 15) is 9.59 Å². The molecule has 0 spiro atoms. The molecule has 0 amide bonds. The van der Waals surface area contributed by atoms with Crippen LogP contribution in [0.15, 0.2) is 60.8 Å². The number of hydrogen-bond donors (Lipinski definition) is 0. The van der Waals surface area contributed by atoms with Crippen LogP contribution in [-0.4, -0.2) is 30.7 Å². The normalized spacial score (nSPS) is 10.5. The summed E-state index contributed by atoms with van der Waals surface area (Å²) in [5, 5.41) is 0. The largest absolute Gasteiger partial charge is 0.469 e. The number of ether oxygens (including phenoxy) is 2. The standard InChI is InChI=1S/C22H21NO4/c1-15-8-7-11-17(12-15)23-14-19(22(25)27-3)18(13-20(24)26-2)21(23)16-9-5-4-6-10-16/h4-12,14H,13H2,1-3H3. The van der Waals surface area contributed by atoms with Crippen LogP contribution >= 0.6 is 0 Å². The molecule has 0 unspecified atom stereocenters. The number of esters is 2. The molecule has 0 aliphatic heterocycles. The zero-order valence-electron chi connectivity index (χ0n) is 15.6. The van der Waals surface area contributed by atoms with E-state index in [4.69, 9.17) is 9.47 Å². The molecule has 5 heteroatoms. The van der Waals surface area contributed by atoms with Gasteiger partial charge in [-0.2, -0.15) is 0 Å². The second kappa shape index (κ2) is 7.91. The van der Waals surface area contributed by atoms with E-state index in [1.54, 1.807) is 6.20 Å². The molecule has 3 rings (SSSR count). The molecule has 0 radical (unpaired) electrons. The summed E-state index contributed by atoms with van der Waals surface area (Å²) in [4.78, 5) is 24.5. The van der Waals surface area contributed by atoms with Crippen molar-refractivity contribution < 1.29 is 19.1 Å². The lowest BCUT2D eigenvalue weighted by Crippen LogP contribution is -2.10. The predicted molar refractivity (Wildman–Crippen MR) is 103 cm³/mol. The van der Waals surface area contributed by atoms with Gasteiger partial charge in [-0.25, -0.2) is 4.79 Å². The second-order valence-corrected chi connectivity index (χ2v) is 6.19. The summed E-state index contributed by atoms with van der Waals surface area (Å²) in [7, 11) is 2.66. The Kier molecular flexibility index (Phi) is 5.41. The molecule has 27 heavy (non-hydrogen) atoms. The third kappa shape index (κ3) is 3.77. The summed E-state index contributed by atoms with van der Waals surface area (Å²) >= 11 is 0. The molecular weight excluding hydrogens is 342 g/mol. The van der Waals surface area contributed by atoms with Gasteiger partial charge in [0.1, 0.15) is 0 Å². The Morgan fingerprint density at radius 1 is 0.963 bits per heavy atom. The molecule has 1 aromatic heterocycles. The van der Waals surface area contributed by atoms with Crippen molar-refractivity contribution in [2.45, 2.75) is 13.3 Å². The molecule has 0 atom stereocenters. The number of rotatable bonds is 5. The molecule has 2 aromatic carbocycles. The van der Waals surface area contributed by atoms with Crippen LogP contribution in [0.5, 0.6) is 0 Å². The first-order valence-electron chi connectivity index (χ1n) is 8.57. The van der Waals surface area contributed by atoms with Gasteiger partial charge in [0.2, 0.25) is 0 Å². The van der Waals surface area contributed by atoms with Crippen LogP contribution < -0.4 is 0 Å². The van der Waals surface area contributed by atoms with Gasteiger partial charge in [-0.15, -0.1) is 0 Å². The summed E-state index contributed by atoms with van der Waals surface area (Å²) < 4.78 is 11.7. The van der Waals surface area contributed by atoms with Crippen molar-refractivity contribution in [1.29, 1.82) is 0 Å². The number of aromatic nitrogens is 1. The van der Waals surface area contributed by atoms with E-state index in [1.807, 2.05) is 66.1 Å². The van der Waals surface area contributed by atoms with Crippen molar-refractivity contribution in [3.05, 3.63) is 77.5 Å². The third-order valence-corrected chi connectivity index (χ3v) is 4.39. The van der Waals surface area contributed by atoms with Crippen LogP contribution in [-0.2, 0) is 20.7 Å². The molecule has 3 aromatic rings. The highest BCUT2D eigenvalue weighted by Crippen LogP contribution is 2.32. The number of aryl methyl sites for hydroxylation is 1. The van der Waals surface area contributed by atoms with Gasteiger partial charge in [-0.1, -0.05) is 42.5 Å². The number of carbonyl (C=O) groups is 2. The van der Waals surface area contributed by atoms with Gasteiger partial charge >= 0.3 is 11.9 Å². The lowest BCUT2D eigenvalue weighted by molar-refractivity contribution is -0.139. The summed E-state index contributed by atoms with van der Waals surface area (Å²) in [6, 6.07) is 17.6. The van der Waals surface area contributed by atoms with Gasteiger partial charge in [0, 0.05) is 17.4 Å². The average Bonchev–Trinajstić information content (AvgIpc) is 3.07. The smallest absolute Gasteiger partial charge is 0.339 e. The number of benzene rings is 2. The molecule has 0 saturated heterocycles. The van der Waals surface area contributed by atoms with Crippen molar-refractivity contribution in [2.75, 3.05) is 14.2 Å². The second-order valence-electron chi connectivity index (χ2n) is 6.19. The number of carbonyl (C=O) groups excluding carboxylic acids is 2. The fourth-order valence-electron chi connectivity index (χ4n) is 3.12. The third-order valence-electron chi connectivity index (χ3n) is 4.39. The minimum absolute atomic E-state index is 0.0238. The van der Waals surface area contributed by atoms with Crippen LogP contribution in [0.3, 0.4) is 0 Å². The van der Waals surface area contributed by atoms with E-state index in [0.29, 0.717) is 11.1 Å². The Morgan fingerprint density at radius 3 is 2.33 bits per heavy atom. The Bertz CT molecular complexity index is 973. The van der Waals surface area contributed by atoms with E-state index in [2.05, 4.69) is 0 Å². The Labute approximate surface area is 158 Å². The predicted octanol–water partition coefficient (Wildman–Crippen LogP) is 3.95. The highest BCUT2D eigenvalue weighted by molar-refractivity contribution is 5.96. The lowest BCUT2D eigenvalue weighted by atomic mass is 10.0. The van der Waals surface area contributed by atoms with Crippen LogP contribution in [0.25, 0.3) is 16.9 Å². The first kappa shape index (κ1) is 18.5. The van der Waals surface area contributed by atoms with E-state index < -0.39 is 11.9 Å². The minimum Gasteiger partial charge on any atom is -0.469 e. The summed E-state index contributed by atoms with van der Waals surface area (Å²) in [6.45, 7) is 2.01. The van der Waals surface area contributed by atoms with Gasteiger partial charge in [0.25, 0.3) is 0 Å². The number of nitrogens with zero attached hydrogens (tertiary/aromatic N) is 1. The molecule has 0 aliphatic rings. The summed E-state index contributed by atoms with van der Waals surface area (Å²) in [5.74, 6) is -0.906. The van der Waals surface area contributed by atoms with E-state index in [0.717, 1.165) is 22.5 Å². The molecule has 0 saturated carbocycles. The van der Waals surface area contributed by atoms with Crippen molar-refractivity contribution in [3.63, 3.8) is 0 Å². The van der Waals surface area contributed by atoms with E-state index >= 15 is 0 Å². The highest BCUT2D eigenvalue weighted by Gasteiger charge is 2.25. The van der Waals surface area contributed by atoms with Crippen molar-refractivity contribution in [1.82, 2.24) is 4.57 Å². The maximum atomic E-state index is 12.4. The van der Waals surface area contributed by atoms with Gasteiger partial charge < -0.3 is 14.0 Å². The fraction of sp³-hybridized carbons (Fsp3) is 0.182. The average molecular weight is 363 g/mol. The van der Waals surface area contributed by atoms with E-state index in [1.165, 1.54) is 14.2 Å². The first-order chi connectivity index (χ1) is 13.0. The van der Waals surface area contributed by atoms with E-state index in [-0.39, 0.29) is 6.42 Å². The molecule has 0 aliphatic carbocycles. The topological polar surface area (TPSA) is 57.5 Å². The molecule has 0 bridgehead atoms. The Balaban J connectivity index is 2.32. The number of hydrogen-bond acceptors (Lipinski definition) is 4. The van der Waals surface area contributed by atoms with Gasteiger partial charge in [-0.3, -0.25) is 4.79 Å². The zero-order chi connectivity index (χ0) is 19.4. The molecule has 1 heterocycles. The maximum absolute atomic E-state index is 12.4. The molecule has 0 N–H and O–H groups in total. The molecule has 0 fully saturated rings. The zero-order valence-corrected chi connectivity index (χ0v) is 15.6. The fourth-order valence-corrected chi connectivity index (χ4v) is 3.12. The monoisotopic (exact) mass is 363 g/mol. The summed E-state index contributed by atoms with van der Waals surface area (Å²) in [6.07, 6.45) is 1.70. The highest BCUT2D eigenvalue weighted by atomic mass is 16.5. The van der Waals surface area contributed by atoms with Gasteiger partial charge in [0.15, 0.2) is 0 Å².